The topological polar surface area (TPSA) is 111 Å². The van der Waals surface area contributed by atoms with E-state index in [0.717, 1.165) is 43.3 Å². The Morgan fingerprint density at radius 3 is 2.81 bits per heavy atom. The summed E-state index contributed by atoms with van der Waals surface area (Å²) < 4.78 is 1.71. The molecule has 2 aromatic heterocycles. The second-order valence-corrected chi connectivity index (χ2v) is 4.84. The number of nitro groups is 1. The van der Waals surface area contributed by atoms with E-state index >= 15 is 0 Å². The molecule has 0 aliphatic heterocycles. The van der Waals surface area contributed by atoms with Gasteiger partial charge in [-0.2, -0.15) is 0 Å². The number of hydrogen-bond donors (Lipinski definition) is 1. The molecule has 0 saturated carbocycles. The Morgan fingerprint density at radius 2 is 2.10 bits per heavy atom. The second kappa shape index (κ2) is 4.97. The Morgan fingerprint density at radius 1 is 1.33 bits per heavy atom. The molecule has 21 heavy (non-hydrogen) atoms. The minimum atomic E-state index is -1.35. The number of aryl methyl sites for hydroxylation is 1. The van der Waals surface area contributed by atoms with Crippen LogP contribution < -0.4 is 0 Å². The summed E-state index contributed by atoms with van der Waals surface area (Å²) in [6, 6.07) is 1.22. The highest BCUT2D eigenvalue weighted by atomic mass is 16.6. The first-order valence-electron chi connectivity index (χ1n) is 6.51. The fourth-order valence-electron chi connectivity index (χ4n) is 2.55. The number of nitrogens with zero attached hydrogens (tertiary/aromatic N) is 4. The van der Waals surface area contributed by atoms with Gasteiger partial charge < -0.3 is 5.11 Å². The van der Waals surface area contributed by atoms with Crippen LogP contribution in [-0.4, -0.2) is 30.5 Å². The van der Waals surface area contributed by atoms with Crippen LogP contribution >= 0.6 is 0 Å². The summed E-state index contributed by atoms with van der Waals surface area (Å²) in [5.41, 5.74) is 1.10. The molecule has 0 amide bonds. The van der Waals surface area contributed by atoms with Gasteiger partial charge in [-0.25, -0.2) is 14.8 Å². The Hall–Kier alpha value is -2.77. The van der Waals surface area contributed by atoms with Crippen LogP contribution in [0.4, 0.5) is 5.69 Å². The summed E-state index contributed by atoms with van der Waals surface area (Å²) in [4.78, 5) is 29.6. The number of aromatic carboxylic acids is 1. The number of carboxylic acid groups (broad SMARTS) is 1. The van der Waals surface area contributed by atoms with E-state index in [4.69, 9.17) is 5.11 Å². The maximum atomic E-state index is 11.2. The van der Waals surface area contributed by atoms with Crippen LogP contribution in [0.5, 0.6) is 0 Å². The van der Waals surface area contributed by atoms with Gasteiger partial charge in [-0.3, -0.25) is 14.7 Å². The molecule has 2 heterocycles. The van der Waals surface area contributed by atoms with E-state index in [0.29, 0.717) is 5.82 Å². The lowest BCUT2D eigenvalue weighted by atomic mass is 10.0. The molecule has 0 aromatic carbocycles. The van der Waals surface area contributed by atoms with Crippen molar-refractivity contribution in [1.29, 1.82) is 0 Å². The fourth-order valence-corrected chi connectivity index (χ4v) is 2.55. The molecule has 0 atom stereocenters. The molecule has 108 valence electrons. The molecule has 8 nitrogen and oxygen atoms in total. The first-order chi connectivity index (χ1) is 10.1. The van der Waals surface area contributed by atoms with Crippen molar-refractivity contribution in [3.63, 3.8) is 0 Å². The monoisotopic (exact) mass is 288 g/mol. The smallest absolute Gasteiger partial charge is 0.342 e. The molecule has 1 aliphatic rings. The number of fused-ring (bicyclic) bond motifs is 1. The Kier molecular flexibility index (Phi) is 3.13. The second-order valence-electron chi connectivity index (χ2n) is 4.84. The van der Waals surface area contributed by atoms with E-state index in [1.165, 1.54) is 6.07 Å². The molecule has 2 aromatic rings. The van der Waals surface area contributed by atoms with Crippen molar-refractivity contribution in [3.8, 4) is 5.82 Å². The van der Waals surface area contributed by atoms with Gasteiger partial charge in [0.1, 0.15) is 23.9 Å². The van der Waals surface area contributed by atoms with Crippen molar-refractivity contribution >= 4 is 11.7 Å². The highest BCUT2D eigenvalue weighted by molar-refractivity contribution is 5.92. The number of hydrogen-bond acceptors (Lipinski definition) is 5. The van der Waals surface area contributed by atoms with Crippen molar-refractivity contribution in [2.75, 3.05) is 0 Å². The zero-order valence-electron chi connectivity index (χ0n) is 11.0. The summed E-state index contributed by atoms with van der Waals surface area (Å²) in [6.07, 6.45) is 6.43. The van der Waals surface area contributed by atoms with E-state index in [1.54, 1.807) is 10.9 Å². The van der Waals surface area contributed by atoms with Crippen LogP contribution in [0.2, 0.25) is 0 Å². The highest BCUT2D eigenvalue weighted by Crippen LogP contribution is 2.25. The van der Waals surface area contributed by atoms with E-state index in [1.807, 2.05) is 0 Å². The number of aromatic nitrogens is 3. The normalized spacial score (nSPS) is 13.7. The van der Waals surface area contributed by atoms with Gasteiger partial charge in [0.2, 0.25) is 0 Å². The zero-order chi connectivity index (χ0) is 15.0. The number of imidazole rings is 1. The summed E-state index contributed by atoms with van der Waals surface area (Å²) in [7, 11) is 0. The van der Waals surface area contributed by atoms with Crippen LogP contribution in [0.15, 0.2) is 18.6 Å². The zero-order valence-corrected chi connectivity index (χ0v) is 11.0. The summed E-state index contributed by atoms with van der Waals surface area (Å²) in [6.45, 7) is 0. The third-order valence-corrected chi connectivity index (χ3v) is 3.57. The molecule has 1 N–H and O–H groups in total. The lowest BCUT2D eigenvalue weighted by molar-refractivity contribution is -0.385. The first kappa shape index (κ1) is 13.2. The van der Waals surface area contributed by atoms with E-state index in [2.05, 4.69) is 9.97 Å². The predicted molar refractivity (Wildman–Crippen MR) is 71.6 cm³/mol. The summed E-state index contributed by atoms with van der Waals surface area (Å²) >= 11 is 0. The summed E-state index contributed by atoms with van der Waals surface area (Å²) in [5.74, 6) is -1.01. The molecule has 0 radical (unpaired) electrons. The molecule has 1 aliphatic carbocycles. The Bertz CT molecular complexity index is 738. The molecule has 0 saturated heterocycles. The molecular formula is C13H12N4O4. The first-order valence-corrected chi connectivity index (χ1v) is 6.51. The van der Waals surface area contributed by atoms with E-state index < -0.39 is 16.6 Å². The SMILES string of the molecule is O=C(O)c1cc(-n2cnc3c2CCCC3)ncc1[N+](=O)[O-]. The van der Waals surface area contributed by atoms with Gasteiger partial charge in [0.05, 0.1) is 10.6 Å². The summed E-state index contributed by atoms with van der Waals surface area (Å²) in [5, 5.41) is 20.0. The highest BCUT2D eigenvalue weighted by Gasteiger charge is 2.23. The van der Waals surface area contributed by atoms with Crippen molar-refractivity contribution in [1.82, 2.24) is 14.5 Å². The van der Waals surface area contributed by atoms with E-state index in [9.17, 15) is 14.9 Å². The lowest BCUT2D eigenvalue weighted by Gasteiger charge is -2.13. The van der Waals surface area contributed by atoms with Crippen LogP contribution in [-0.2, 0) is 12.8 Å². The number of rotatable bonds is 3. The number of carboxylic acids is 1. The maximum absolute atomic E-state index is 11.2. The Labute approximate surface area is 119 Å². The Balaban J connectivity index is 2.11. The van der Waals surface area contributed by atoms with Gasteiger partial charge >= 0.3 is 11.7 Å². The quantitative estimate of drug-likeness (QED) is 0.680. The van der Waals surface area contributed by atoms with E-state index in [-0.39, 0.29) is 5.56 Å². The van der Waals surface area contributed by atoms with Crippen molar-refractivity contribution in [2.24, 2.45) is 0 Å². The average molecular weight is 288 g/mol. The van der Waals surface area contributed by atoms with Crippen LogP contribution in [0.3, 0.4) is 0 Å². The van der Waals surface area contributed by atoms with Gasteiger partial charge in [0.15, 0.2) is 0 Å². The minimum Gasteiger partial charge on any atom is -0.477 e. The van der Waals surface area contributed by atoms with Crippen LogP contribution in [0.25, 0.3) is 5.82 Å². The predicted octanol–water partition coefficient (Wildman–Crippen LogP) is 1.75. The average Bonchev–Trinajstić information content (AvgIpc) is 2.90. The molecule has 0 spiro atoms. The van der Waals surface area contributed by atoms with Gasteiger partial charge in [0.25, 0.3) is 0 Å². The molecule has 0 unspecified atom stereocenters. The maximum Gasteiger partial charge on any atom is 0.342 e. The van der Waals surface area contributed by atoms with Gasteiger partial charge in [-0.05, 0) is 25.7 Å². The van der Waals surface area contributed by atoms with Crippen molar-refractivity contribution in [2.45, 2.75) is 25.7 Å². The van der Waals surface area contributed by atoms with Crippen molar-refractivity contribution in [3.05, 3.63) is 45.7 Å². The third-order valence-electron chi connectivity index (χ3n) is 3.57. The van der Waals surface area contributed by atoms with Crippen LogP contribution in [0.1, 0.15) is 34.6 Å². The molecule has 8 heteroatoms. The van der Waals surface area contributed by atoms with Gasteiger partial charge in [-0.15, -0.1) is 0 Å². The molecular weight excluding hydrogens is 276 g/mol. The number of pyridine rings is 1. The molecule has 0 bridgehead atoms. The standard InChI is InChI=1S/C13H12N4O4/c18-13(19)8-5-12(14-6-11(8)17(20)21)16-7-15-9-3-1-2-4-10(9)16/h5-7H,1-4H2,(H,18,19). The number of carbonyl (C=O) groups is 1. The van der Waals surface area contributed by atoms with Crippen molar-refractivity contribution < 1.29 is 14.8 Å². The molecule has 3 rings (SSSR count). The largest absolute Gasteiger partial charge is 0.477 e. The third kappa shape index (κ3) is 2.24. The minimum absolute atomic E-state index is 0.341. The fraction of sp³-hybridized carbons (Fsp3) is 0.308. The van der Waals surface area contributed by atoms with Gasteiger partial charge in [-0.1, -0.05) is 0 Å². The van der Waals surface area contributed by atoms with Gasteiger partial charge in [0, 0.05) is 11.8 Å². The molecule has 0 fully saturated rings. The van der Waals surface area contributed by atoms with Crippen LogP contribution in [0, 0.1) is 10.1 Å². The lowest BCUT2D eigenvalue weighted by Crippen LogP contribution is -2.10.